The fourth-order valence-corrected chi connectivity index (χ4v) is 2.98. The molecule has 1 aromatic rings. The van der Waals surface area contributed by atoms with E-state index >= 15 is 0 Å². The highest BCUT2D eigenvalue weighted by molar-refractivity contribution is 5.78. The van der Waals surface area contributed by atoms with Crippen LogP contribution < -0.4 is 4.90 Å². The number of carbonyl (C=O) groups excluding carboxylic acids is 2. The van der Waals surface area contributed by atoms with Crippen LogP contribution in [0.3, 0.4) is 0 Å². The second-order valence-electron chi connectivity index (χ2n) is 6.30. The van der Waals surface area contributed by atoms with Gasteiger partial charge < -0.3 is 9.80 Å². The number of halogens is 1. The number of unbranched alkanes of at least 4 members (excludes halogenated alkanes) is 2. The van der Waals surface area contributed by atoms with E-state index in [2.05, 4.69) is 4.90 Å². The van der Waals surface area contributed by atoms with Crippen molar-refractivity contribution in [2.24, 2.45) is 0 Å². The molecule has 1 heterocycles. The van der Waals surface area contributed by atoms with E-state index in [1.807, 2.05) is 11.8 Å². The van der Waals surface area contributed by atoms with E-state index in [1.165, 1.54) is 12.1 Å². The van der Waals surface area contributed by atoms with Crippen molar-refractivity contribution in [1.82, 2.24) is 4.90 Å². The highest BCUT2D eigenvalue weighted by Gasteiger charge is 2.20. The number of piperazine rings is 1. The average molecular weight is 334 g/mol. The van der Waals surface area contributed by atoms with Crippen molar-refractivity contribution in [3.63, 3.8) is 0 Å². The van der Waals surface area contributed by atoms with Gasteiger partial charge in [0.2, 0.25) is 5.91 Å². The molecule has 1 fully saturated rings. The van der Waals surface area contributed by atoms with Gasteiger partial charge in [-0.1, -0.05) is 13.3 Å². The lowest BCUT2D eigenvalue weighted by atomic mass is 10.1. The number of Topliss-reactive ketones (excluding diaryl/α,β-unsaturated/α-hetero) is 1. The van der Waals surface area contributed by atoms with E-state index in [1.54, 1.807) is 12.1 Å². The maximum absolute atomic E-state index is 13.0. The summed E-state index contributed by atoms with van der Waals surface area (Å²) in [5, 5.41) is 0. The highest BCUT2D eigenvalue weighted by Crippen LogP contribution is 2.17. The Morgan fingerprint density at radius 3 is 2.21 bits per heavy atom. The predicted octanol–water partition coefficient (Wildman–Crippen LogP) is 3.40. The number of hydrogen-bond acceptors (Lipinski definition) is 3. The molecule has 132 valence electrons. The molecule has 0 aliphatic carbocycles. The van der Waals surface area contributed by atoms with Crippen molar-refractivity contribution in [1.29, 1.82) is 0 Å². The minimum atomic E-state index is -0.229. The minimum Gasteiger partial charge on any atom is -0.368 e. The topological polar surface area (TPSA) is 40.6 Å². The van der Waals surface area contributed by atoms with Gasteiger partial charge in [-0.3, -0.25) is 9.59 Å². The van der Waals surface area contributed by atoms with Gasteiger partial charge in [0.1, 0.15) is 11.6 Å². The third kappa shape index (κ3) is 5.62. The molecule has 0 spiro atoms. The van der Waals surface area contributed by atoms with Crippen molar-refractivity contribution in [2.45, 2.75) is 45.4 Å². The first-order valence-corrected chi connectivity index (χ1v) is 8.90. The quantitative estimate of drug-likeness (QED) is 0.684. The Balaban J connectivity index is 1.65. The van der Waals surface area contributed by atoms with Gasteiger partial charge in [-0.2, -0.15) is 0 Å². The molecule has 0 aromatic heterocycles. The first kappa shape index (κ1) is 18.4. The molecule has 0 N–H and O–H groups in total. The first-order chi connectivity index (χ1) is 11.6. The van der Waals surface area contributed by atoms with Crippen LogP contribution in [0, 0.1) is 5.82 Å². The second-order valence-corrected chi connectivity index (χ2v) is 6.30. The van der Waals surface area contributed by atoms with E-state index in [0.717, 1.165) is 38.0 Å². The molecule has 5 heteroatoms. The van der Waals surface area contributed by atoms with Crippen molar-refractivity contribution >= 4 is 17.4 Å². The SMILES string of the molecule is CCC(=O)CCCCCC(=O)N1CCN(c2ccc(F)cc2)CC1. The minimum absolute atomic E-state index is 0.204. The molecular weight excluding hydrogens is 307 g/mol. The molecule has 0 saturated carbocycles. The monoisotopic (exact) mass is 334 g/mol. The Morgan fingerprint density at radius 2 is 1.58 bits per heavy atom. The smallest absolute Gasteiger partial charge is 0.222 e. The average Bonchev–Trinajstić information content (AvgIpc) is 2.62. The summed E-state index contributed by atoms with van der Waals surface area (Å²) in [6.07, 6.45) is 4.49. The van der Waals surface area contributed by atoms with Crippen molar-refractivity contribution in [2.75, 3.05) is 31.1 Å². The van der Waals surface area contributed by atoms with E-state index in [4.69, 9.17) is 0 Å². The summed E-state index contributed by atoms with van der Waals surface area (Å²) in [7, 11) is 0. The number of hydrogen-bond donors (Lipinski definition) is 0. The van der Waals surface area contributed by atoms with Crippen LogP contribution in [0.15, 0.2) is 24.3 Å². The van der Waals surface area contributed by atoms with Crippen LogP contribution in [-0.4, -0.2) is 42.8 Å². The lowest BCUT2D eigenvalue weighted by Crippen LogP contribution is -2.48. The summed E-state index contributed by atoms with van der Waals surface area (Å²) >= 11 is 0. The van der Waals surface area contributed by atoms with E-state index in [9.17, 15) is 14.0 Å². The zero-order chi connectivity index (χ0) is 17.4. The summed E-state index contributed by atoms with van der Waals surface area (Å²) < 4.78 is 13.0. The molecule has 1 aliphatic heterocycles. The summed E-state index contributed by atoms with van der Waals surface area (Å²) in [5.41, 5.74) is 1.00. The maximum atomic E-state index is 13.0. The Morgan fingerprint density at radius 1 is 0.958 bits per heavy atom. The van der Waals surface area contributed by atoms with Crippen molar-refractivity contribution < 1.29 is 14.0 Å². The van der Waals surface area contributed by atoms with Crippen LogP contribution in [0.2, 0.25) is 0 Å². The Kier molecular flexibility index (Phi) is 7.22. The fraction of sp³-hybridized carbons (Fsp3) is 0.579. The van der Waals surface area contributed by atoms with Crippen molar-refractivity contribution in [3.8, 4) is 0 Å². The normalized spacial score (nSPS) is 14.8. The van der Waals surface area contributed by atoms with Gasteiger partial charge in [-0.15, -0.1) is 0 Å². The van der Waals surface area contributed by atoms with Gasteiger partial charge in [-0.05, 0) is 37.1 Å². The highest BCUT2D eigenvalue weighted by atomic mass is 19.1. The van der Waals surface area contributed by atoms with Crippen LogP contribution in [0.25, 0.3) is 0 Å². The number of benzene rings is 1. The van der Waals surface area contributed by atoms with E-state index in [0.29, 0.717) is 38.1 Å². The number of ketones is 1. The van der Waals surface area contributed by atoms with Gasteiger partial charge in [-0.25, -0.2) is 4.39 Å². The molecule has 0 bridgehead atoms. The molecule has 0 unspecified atom stereocenters. The maximum Gasteiger partial charge on any atom is 0.222 e. The zero-order valence-corrected chi connectivity index (χ0v) is 14.5. The van der Waals surface area contributed by atoms with Gasteiger partial charge in [0.25, 0.3) is 0 Å². The molecule has 1 saturated heterocycles. The molecule has 1 amide bonds. The molecular formula is C19H27FN2O2. The number of rotatable bonds is 8. The largest absolute Gasteiger partial charge is 0.368 e. The summed E-state index contributed by atoms with van der Waals surface area (Å²) in [6.45, 7) is 4.87. The van der Waals surface area contributed by atoms with Crippen LogP contribution >= 0.6 is 0 Å². The molecule has 2 rings (SSSR count). The molecule has 1 aliphatic rings. The lowest BCUT2D eigenvalue weighted by molar-refractivity contribution is -0.131. The second kappa shape index (κ2) is 9.40. The summed E-state index contributed by atoms with van der Waals surface area (Å²) in [6, 6.07) is 6.50. The first-order valence-electron chi connectivity index (χ1n) is 8.90. The van der Waals surface area contributed by atoms with Gasteiger partial charge in [0.15, 0.2) is 0 Å². The third-order valence-corrected chi connectivity index (χ3v) is 4.56. The lowest BCUT2D eigenvalue weighted by Gasteiger charge is -2.36. The third-order valence-electron chi connectivity index (χ3n) is 4.56. The van der Waals surface area contributed by atoms with Gasteiger partial charge in [0, 0.05) is 51.1 Å². The number of amides is 1. The standard InChI is InChI=1S/C19H27FN2O2/c1-2-18(23)6-4-3-5-7-19(24)22-14-12-21(13-15-22)17-10-8-16(20)9-11-17/h8-11H,2-7,12-15H2,1H3. The predicted molar refractivity (Wildman–Crippen MR) is 93.6 cm³/mol. The summed E-state index contributed by atoms with van der Waals surface area (Å²) in [5.74, 6) is 0.280. The van der Waals surface area contributed by atoms with Crippen LogP contribution in [0.5, 0.6) is 0 Å². The summed E-state index contributed by atoms with van der Waals surface area (Å²) in [4.78, 5) is 27.5. The van der Waals surface area contributed by atoms with E-state index in [-0.39, 0.29) is 11.7 Å². The van der Waals surface area contributed by atoms with Crippen LogP contribution in [0.1, 0.15) is 45.4 Å². The van der Waals surface area contributed by atoms with E-state index < -0.39 is 0 Å². The zero-order valence-electron chi connectivity index (χ0n) is 14.5. The fourth-order valence-electron chi connectivity index (χ4n) is 2.98. The Labute approximate surface area is 143 Å². The number of anilines is 1. The van der Waals surface area contributed by atoms with Crippen LogP contribution in [-0.2, 0) is 9.59 Å². The molecule has 0 atom stereocenters. The number of carbonyl (C=O) groups is 2. The van der Waals surface area contributed by atoms with Crippen molar-refractivity contribution in [3.05, 3.63) is 30.1 Å². The number of nitrogens with zero attached hydrogens (tertiary/aromatic N) is 2. The van der Waals surface area contributed by atoms with Crippen LogP contribution in [0.4, 0.5) is 10.1 Å². The van der Waals surface area contributed by atoms with Gasteiger partial charge in [0.05, 0.1) is 0 Å². The van der Waals surface area contributed by atoms with Gasteiger partial charge >= 0.3 is 0 Å². The Hall–Kier alpha value is -1.91. The molecule has 1 aromatic carbocycles. The molecule has 4 nitrogen and oxygen atoms in total. The Bertz CT molecular complexity index is 537. The molecule has 24 heavy (non-hydrogen) atoms. The molecule has 0 radical (unpaired) electrons.